The second kappa shape index (κ2) is 8.86. The average Bonchev–Trinajstić information content (AvgIpc) is 2.80. The fraction of sp³-hybridized carbons (Fsp3) is 0.348. The molecule has 9 heteroatoms. The van der Waals surface area contributed by atoms with E-state index >= 15 is 0 Å². The third-order valence-electron chi connectivity index (χ3n) is 5.71. The van der Waals surface area contributed by atoms with Crippen LogP contribution in [0, 0.1) is 5.82 Å². The molecule has 0 unspecified atom stereocenters. The van der Waals surface area contributed by atoms with Crippen molar-refractivity contribution < 1.29 is 9.18 Å². The summed E-state index contributed by atoms with van der Waals surface area (Å²) in [7, 11) is 5.30. The predicted molar refractivity (Wildman–Crippen MR) is 119 cm³/mol. The lowest BCUT2D eigenvalue weighted by Gasteiger charge is -2.32. The number of aryl methyl sites for hydroxylation is 1. The molecule has 0 spiro atoms. The van der Waals surface area contributed by atoms with Crippen molar-refractivity contribution in [2.75, 3.05) is 32.1 Å². The number of rotatable bonds is 4. The molecule has 1 saturated heterocycles. The van der Waals surface area contributed by atoms with Gasteiger partial charge in [0.25, 0.3) is 11.5 Å². The zero-order valence-electron chi connectivity index (χ0n) is 18.3. The first-order chi connectivity index (χ1) is 15.3. The number of piperidine rings is 1. The normalized spacial score (nSPS) is 14.4. The van der Waals surface area contributed by atoms with Crippen molar-refractivity contribution in [3.8, 4) is 11.1 Å². The number of benzene rings is 1. The van der Waals surface area contributed by atoms with E-state index in [1.807, 2.05) is 19.0 Å². The number of aromatic nitrogens is 4. The van der Waals surface area contributed by atoms with Crippen LogP contribution in [0.25, 0.3) is 11.1 Å². The molecule has 0 atom stereocenters. The Morgan fingerprint density at radius 2 is 1.78 bits per heavy atom. The van der Waals surface area contributed by atoms with Crippen molar-refractivity contribution in [3.63, 3.8) is 0 Å². The van der Waals surface area contributed by atoms with Gasteiger partial charge in [-0.1, -0.05) is 12.1 Å². The maximum absolute atomic E-state index is 13.4. The second-order valence-electron chi connectivity index (χ2n) is 8.12. The molecule has 0 radical (unpaired) electrons. The van der Waals surface area contributed by atoms with Gasteiger partial charge in [-0.3, -0.25) is 9.59 Å². The molecule has 3 aromatic rings. The smallest absolute Gasteiger partial charge is 0.274 e. The van der Waals surface area contributed by atoms with Crippen LogP contribution in [-0.4, -0.2) is 57.7 Å². The molecule has 0 saturated carbocycles. The number of hydrogen-bond donors (Lipinski definition) is 0. The monoisotopic (exact) mass is 436 g/mol. The van der Waals surface area contributed by atoms with Crippen molar-refractivity contribution in [2.24, 2.45) is 7.05 Å². The van der Waals surface area contributed by atoms with Crippen molar-refractivity contribution in [1.29, 1.82) is 0 Å². The Balaban J connectivity index is 1.57. The van der Waals surface area contributed by atoms with Gasteiger partial charge in [-0.15, -0.1) is 0 Å². The van der Waals surface area contributed by atoms with Crippen LogP contribution in [0.5, 0.6) is 0 Å². The average molecular weight is 436 g/mol. The number of nitrogens with zero attached hydrogens (tertiary/aromatic N) is 6. The quantitative estimate of drug-likeness (QED) is 0.625. The summed E-state index contributed by atoms with van der Waals surface area (Å²) in [6, 6.07) is 9.15. The third-order valence-corrected chi connectivity index (χ3v) is 5.71. The van der Waals surface area contributed by atoms with Gasteiger partial charge in [-0.25, -0.2) is 19.0 Å². The van der Waals surface area contributed by atoms with E-state index in [-0.39, 0.29) is 28.9 Å². The zero-order valence-corrected chi connectivity index (χ0v) is 18.3. The highest BCUT2D eigenvalue weighted by molar-refractivity contribution is 5.92. The molecule has 0 N–H and O–H groups in total. The van der Waals surface area contributed by atoms with Crippen LogP contribution in [0.4, 0.5) is 10.3 Å². The highest BCUT2D eigenvalue weighted by Crippen LogP contribution is 2.35. The van der Waals surface area contributed by atoms with Gasteiger partial charge in [0, 0.05) is 58.0 Å². The fourth-order valence-electron chi connectivity index (χ4n) is 3.90. The minimum atomic E-state index is -0.292. The summed E-state index contributed by atoms with van der Waals surface area (Å²) in [5.41, 5.74) is 2.64. The molecule has 1 amide bonds. The summed E-state index contributed by atoms with van der Waals surface area (Å²) >= 11 is 0. The summed E-state index contributed by atoms with van der Waals surface area (Å²) in [6.45, 7) is 1.11. The first kappa shape index (κ1) is 21.6. The second-order valence-corrected chi connectivity index (χ2v) is 8.12. The van der Waals surface area contributed by atoms with E-state index in [1.165, 1.54) is 36.0 Å². The maximum atomic E-state index is 13.4. The Bertz CT molecular complexity index is 1180. The van der Waals surface area contributed by atoms with E-state index in [9.17, 15) is 14.0 Å². The molecule has 32 heavy (non-hydrogen) atoms. The lowest BCUT2D eigenvalue weighted by Crippen LogP contribution is -2.39. The SMILES string of the molecule is CN(C)c1ncc(-c2ccc(F)cc2)c(C2CCN(C(=O)c3ccc(=O)n(C)n3)CC2)n1. The van der Waals surface area contributed by atoms with Crippen molar-refractivity contribution >= 4 is 11.9 Å². The zero-order chi connectivity index (χ0) is 22.8. The van der Waals surface area contributed by atoms with Gasteiger partial charge < -0.3 is 9.80 Å². The van der Waals surface area contributed by atoms with Crippen LogP contribution >= 0.6 is 0 Å². The number of halogens is 1. The Labute approximate surface area is 185 Å². The molecule has 166 valence electrons. The van der Waals surface area contributed by atoms with Crippen LogP contribution in [0.1, 0.15) is 34.9 Å². The fourth-order valence-corrected chi connectivity index (χ4v) is 3.90. The third kappa shape index (κ3) is 4.37. The number of amides is 1. The van der Waals surface area contributed by atoms with Gasteiger partial charge in [0.1, 0.15) is 11.5 Å². The predicted octanol–water partition coefficient (Wildman–Crippen LogP) is 2.46. The molecule has 1 aromatic carbocycles. The van der Waals surface area contributed by atoms with Gasteiger partial charge in [0.05, 0.1) is 5.69 Å². The molecule has 8 nitrogen and oxygen atoms in total. The van der Waals surface area contributed by atoms with Crippen molar-refractivity contribution in [2.45, 2.75) is 18.8 Å². The number of hydrogen-bond acceptors (Lipinski definition) is 6. The molecule has 2 aromatic heterocycles. The molecule has 1 aliphatic rings. The van der Waals surface area contributed by atoms with E-state index in [0.29, 0.717) is 19.0 Å². The maximum Gasteiger partial charge on any atom is 0.274 e. The van der Waals surface area contributed by atoms with Gasteiger partial charge in [-0.2, -0.15) is 5.10 Å². The number of likely N-dealkylation sites (tertiary alicyclic amines) is 1. The number of carbonyl (C=O) groups excluding carboxylic acids is 1. The first-order valence-electron chi connectivity index (χ1n) is 10.5. The first-order valence-corrected chi connectivity index (χ1v) is 10.5. The van der Waals surface area contributed by atoms with Crippen LogP contribution < -0.4 is 10.5 Å². The number of carbonyl (C=O) groups is 1. The van der Waals surface area contributed by atoms with E-state index in [0.717, 1.165) is 29.7 Å². The topological polar surface area (TPSA) is 84.2 Å². The summed E-state index contributed by atoms with van der Waals surface area (Å²) in [6.07, 6.45) is 3.25. The van der Waals surface area contributed by atoms with Gasteiger partial charge in [0.2, 0.25) is 5.95 Å². The van der Waals surface area contributed by atoms with Crippen LogP contribution in [0.15, 0.2) is 47.4 Å². The lowest BCUT2D eigenvalue weighted by molar-refractivity contribution is 0.0703. The van der Waals surface area contributed by atoms with E-state index < -0.39 is 0 Å². The van der Waals surface area contributed by atoms with E-state index in [1.54, 1.807) is 23.2 Å². The molecule has 0 aliphatic carbocycles. The molecule has 1 fully saturated rings. The Morgan fingerprint density at radius 3 is 2.41 bits per heavy atom. The minimum Gasteiger partial charge on any atom is -0.347 e. The Morgan fingerprint density at radius 1 is 1.09 bits per heavy atom. The Hall–Kier alpha value is -3.62. The molecular formula is C23H25FN6O2. The molecule has 1 aliphatic heterocycles. The van der Waals surface area contributed by atoms with Gasteiger partial charge in [-0.05, 0) is 36.6 Å². The summed E-state index contributed by atoms with van der Waals surface area (Å²) in [5, 5.41) is 4.07. The van der Waals surface area contributed by atoms with E-state index in [4.69, 9.17) is 4.98 Å². The molecular weight excluding hydrogens is 411 g/mol. The van der Waals surface area contributed by atoms with Crippen LogP contribution in [0.3, 0.4) is 0 Å². The summed E-state index contributed by atoms with van der Waals surface area (Å²) in [4.78, 5) is 37.3. The lowest BCUT2D eigenvalue weighted by atomic mass is 9.88. The highest BCUT2D eigenvalue weighted by Gasteiger charge is 2.28. The molecule has 3 heterocycles. The van der Waals surface area contributed by atoms with Crippen molar-refractivity contribution in [1.82, 2.24) is 24.6 Å². The van der Waals surface area contributed by atoms with E-state index in [2.05, 4.69) is 10.1 Å². The van der Waals surface area contributed by atoms with Crippen molar-refractivity contribution in [3.05, 3.63) is 70.2 Å². The summed E-state index contributed by atoms with van der Waals surface area (Å²) in [5.74, 6) is 0.266. The number of anilines is 1. The minimum absolute atomic E-state index is 0.133. The molecule has 0 bridgehead atoms. The molecule has 4 rings (SSSR count). The Kier molecular flexibility index (Phi) is 5.98. The van der Waals surface area contributed by atoms with Crippen LogP contribution in [0.2, 0.25) is 0 Å². The standard InChI is InChI=1S/C23H25FN6O2/c1-28(2)23-25-14-18(15-4-6-17(24)7-5-15)21(26-23)16-10-12-30(13-11-16)22(32)19-8-9-20(31)29(3)27-19/h4-9,14,16H,10-13H2,1-3H3. The summed E-state index contributed by atoms with van der Waals surface area (Å²) < 4.78 is 14.6. The van der Waals surface area contributed by atoms with Gasteiger partial charge in [0.15, 0.2) is 0 Å². The largest absolute Gasteiger partial charge is 0.347 e. The van der Waals surface area contributed by atoms with Crippen LogP contribution in [-0.2, 0) is 7.05 Å². The highest BCUT2D eigenvalue weighted by atomic mass is 19.1. The van der Waals surface area contributed by atoms with Gasteiger partial charge >= 0.3 is 0 Å².